The van der Waals surface area contributed by atoms with Crippen molar-refractivity contribution in [3.8, 4) is 0 Å². The molecule has 1 amide bonds. The monoisotopic (exact) mass is 365 g/mol. The van der Waals surface area contributed by atoms with E-state index in [4.69, 9.17) is 0 Å². The molecule has 7 nitrogen and oxygen atoms in total. The van der Waals surface area contributed by atoms with Gasteiger partial charge in [-0.05, 0) is 31.5 Å². The normalized spacial score (nSPS) is 11.9. The minimum Gasteiger partial charge on any atom is -0.347 e. The fourth-order valence-corrected chi connectivity index (χ4v) is 3.04. The highest BCUT2D eigenvalue weighted by Gasteiger charge is 2.16. The minimum absolute atomic E-state index is 0.122. The highest BCUT2D eigenvalue weighted by atomic mass is 16.2. The van der Waals surface area contributed by atoms with Gasteiger partial charge < -0.3 is 5.32 Å². The van der Waals surface area contributed by atoms with Gasteiger partial charge in [-0.25, -0.2) is 4.79 Å². The first-order valence-electron chi connectivity index (χ1n) is 8.90. The molecule has 140 valence electrons. The average molecular weight is 365 g/mol. The van der Waals surface area contributed by atoms with Crippen molar-refractivity contribution in [2.45, 2.75) is 39.4 Å². The molecule has 3 rings (SSSR count). The maximum absolute atomic E-state index is 12.5. The van der Waals surface area contributed by atoms with E-state index in [-0.39, 0.29) is 24.1 Å². The van der Waals surface area contributed by atoms with Crippen LogP contribution in [0, 0.1) is 13.8 Å². The van der Waals surface area contributed by atoms with Crippen LogP contribution in [-0.2, 0) is 17.9 Å². The summed E-state index contributed by atoms with van der Waals surface area (Å²) in [5.74, 6) is -0.122. The Balaban J connectivity index is 1.68. The van der Waals surface area contributed by atoms with Crippen molar-refractivity contribution in [2.75, 3.05) is 0 Å². The van der Waals surface area contributed by atoms with E-state index in [1.165, 1.54) is 4.57 Å². The Morgan fingerprint density at radius 1 is 1.19 bits per heavy atom. The largest absolute Gasteiger partial charge is 0.347 e. The van der Waals surface area contributed by atoms with Crippen molar-refractivity contribution in [3.63, 3.8) is 0 Å². The number of hydrogen-bond acceptors (Lipinski definition) is 4. The fourth-order valence-electron chi connectivity index (χ4n) is 3.04. The first kappa shape index (κ1) is 18.6. The molecule has 2 aromatic heterocycles. The molecule has 7 heteroatoms. The molecule has 0 unspecified atom stereocenters. The number of rotatable bonds is 7. The predicted molar refractivity (Wildman–Crippen MR) is 102 cm³/mol. The lowest BCUT2D eigenvalue weighted by atomic mass is 10.1. The van der Waals surface area contributed by atoms with Crippen LogP contribution in [0.5, 0.6) is 0 Å². The molecule has 0 spiro atoms. The maximum atomic E-state index is 12.5. The van der Waals surface area contributed by atoms with Gasteiger partial charge in [0.25, 0.3) is 0 Å². The molecule has 0 aliphatic rings. The van der Waals surface area contributed by atoms with Crippen LogP contribution in [0.4, 0.5) is 0 Å². The van der Waals surface area contributed by atoms with E-state index in [0.29, 0.717) is 18.8 Å². The first-order chi connectivity index (χ1) is 13.0. The van der Waals surface area contributed by atoms with E-state index >= 15 is 0 Å². The second-order valence-corrected chi connectivity index (χ2v) is 6.48. The Kier molecular flexibility index (Phi) is 5.80. The van der Waals surface area contributed by atoms with Crippen molar-refractivity contribution in [1.82, 2.24) is 24.6 Å². The van der Waals surface area contributed by atoms with Gasteiger partial charge in [0.1, 0.15) is 0 Å². The lowest BCUT2D eigenvalue weighted by Gasteiger charge is -2.20. The highest BCUT2D eigenvalue weighted by Crippen LogP contribution is 2.15. The molecule has 0 saturated heterocycles. The highest BCUT2D eigenvalue weighted by molar-refractivity contribution is 5.76. The van der Waals surface area contributed by atoms with Gasteiger partial charge in [-0.3, -0.25) is 14.0 Å². The van der Waals surface area contributed by atoms with Crippen LogP contribution in [0.25, 0.3) is 0 Å². The molecule has 1 atom stereocenters. The van der Waals surface area contributed by atoms with E-state index in [1.807, 2.05) is 55.6 Å². The fraction of sp³-hybridized carbons (Fsp3) is 0.300. The zero-order chi connectivity index (χ0) is 19.2. The maximum Gasteiger partial charge on any atom is 0.347 e. The molecule has 1 N–H and O–H groups in total. The van der Waals surface area contributed by atoms with Crippen LogP contribution in [0.3, 0.4) is 0 Å². The van der Waals surface area contributed by atoms with E-state index in [1.54, 1.807) is 17.8 Å². The van der Waals surface area contributed by atoms with Gasteiger partial charge in [0.05, 0.1) is 12.6 Å². The number of aryl methyl sites for hydroxylation is 2. The summed E-state index contributed by atoms with van der Waals surface area (Å²) in [7, 11) is 0. The molecule has 0 aliphatic heterocycles. The van der Waals surface area contributed by atoms with Gasteiger partial charge in [0.15, 0.2) is 0 Å². The van der Waals surface area contributed by atoms with Crippen molar-refractivity contribution < 1.29 is 4.79 Å². The summed E-state index contributed by atoms with van der Waals surface area (Å²) in [5, 5.41) is 7.28. The third kappa shape index (κ3) is 4.91. The number of amides is 1. The van der Waals surface area contributed by atoms with Crippen molar-refractivity contribution in [1.29, 1.82) is 0 Å². The van der Waals surface area contributed by atoms with E-state index in [2.05, 4.69) is 15.4 Å². The third-order valence-corrected chi connectivity index (χ3v) is 4.37. The summed E-state index contributed by atoms with van der Waals surface area (Å²) in [6.07, 6.45) is 3.78. The number of hydrogen-bond donors (Lipinski definition) is 1. The van der Waals surface area contributed by atoms with Crippen LogP contribution in [0.1, 0.15) is 29.4 Å². The SMILES string of the molecule is Cc1cc(C)n(CCC(=O)N[C@H](Cn2cccn2)c2ccccc2)c(=O)n1. The second-order valence-electron chi connectivity index (χ2n) is 6.48. The molecule has 0 bridgehead atoms. The van der Waals surface area contributed by atoms with Crippen molar-refractivity contribution >= 4 is 5.91 Å². The average Bonchev–Trinajstić information content (AvgIpc) is 3.14. The molecule has 0 fully saturated rings. The summed E-state index contributed by atoms with van der Waals surface area (Å²) in [5.41, 5.74) is 2.17. The Hall–Kier alpha value is -3.22. The number of carbonyl (C=O) groups is 1. The molecule has 0 saturated carbocycles. The lowest BCUT2D eigenvalue weighted by Crippen LogP contribution is -2.33. The number of carbonyl (C=O) groups excluding carboxylic acids is 1. The molecule has 3 aromatic rings. The Morgan fingerprint density at radius 3 is 2.63 bits per heavy atom. The van der Waals surface area contributed by atoms with E-state index in [9.17, 15) is 9.59 Å². The Labute approximate surface area is 157 Å². The summed E-state index contributed by atoms with van der Waals surface area (Å²) >= 11 is 0. The zero-order valence-electron chi connectivity index (χ0n) is 15.5. The summed E-state index contributed by atoms with van der Waals surface area (Å²) in [4.78, 5) is 28.5. The number of nitrogens with zero attached hydrogens (tertiary/aromatic N) is 4. The summed E-state index contributed by atoms with van der Waals surface area (Å²) in [6.45, 7) is 4.46. The van der Waals surface area contributed by atoms with Crippen molar-refractivity contribution in [2.24, 2.45) is 0 Å². The Bertz CT molecular complexity index is 948. The molecule has 0 aliphatic carbocycles. The number of benzene rings is 1. The van der Waals surface area contributed by atoms with Gasteiger partial charge in [0, 0.05) is 36.7 Å². The minimum atomic E-state index is -0.323. The smallest absolute Gasteiger partial charge is 0.347 e. The molecular formula is C20H23N5O2. The van der Waals surface area contributed by atoms with Crippen LogP contribution >= 0.6 is 0 Å². The van der Waals surface area contributed by atoms with Gasteiger partial charge in [-0.2, -0.15) is 10.1 Å². The zero-order valence-corrected chi connectivity index (χ0v) is 15.5. The quantitative estimate of drug-likeness (QED) is 0.694. The number of nitrogens with one attached hydrogen (secondary N) is 1. The molecule has 27 heavy (non-hydrogen) atoms. The van der Waals surface area contributed by atoms with Gasteiger partial charge >= 0.3 is 5.69 Å². The molecule has 1 aromatic carbocycles. The first-order valence-corrected chi connectivity index (χ1v) is 8.90. The van der Waals surface area contributed by atoms with Gasteiger partial charge in [-0.15, -0.1) is 0 Å². The van der Waals surface area contributed by atoms with Crippen LogP contribution in [0.15, 0.2) is 59.7 Å². The van der Waals surface area contributed by atoms with Gasteiger partial charge in [0.2, 0.25) is 5.91 Å². The Morgan fingerprint density at radius 2 is 1.96 bits per heavy atom. The topological polar surface area (TPSA) is 81.8 Å². The third-order valence-electron chi connectivity index (χ3n) is 4.37. The second kappa shape index (κ2) is 8.44. The molecule has 2 heterocycles. The molecule has 0 radical (unpaired) electrons. The molecular weight excluding hydrogens is 342 g/mol. The van der Waals surface area contributed by atoms with Crippen molar-refractivity contribution in [3.05, 3.63) is 82.3 Å². The van der Waals surface area contributed by atoms with Crippen LogP contribution in [-0.4, -0.2) is 25.2 Å². The standard InChI is InChI=1S/C20H23N5O2/c1-15-13-16(2)25(20(27)22-15)12-9-19(26)23-18(14-24-11-6-10-21-24)17-7-4-3-5-8-17/h3-8,10-11,13,18H,9,12,14H2,1-2H3,(H,23,26)/t18-/m1/s1. The van der Waals surface area contributed by atoms with Gasteiger partial charge in [-0.1, -0.05) is 30.3 Å². The van der Waals surface area contributed by atoms with Crippen LogP contribution < -0.4 is 11.0 Å². The van der Waals surface area contributed by atoms with E-state index in [0.717, 1.165) is 11.3 Å². The predicted octanol–water partition coefficient (Wildman–Crippen LogP) is 2.00. The summed E-state index contributed by atoms with van der Waals surface area (Å²) < 4.78 is 3.31. The lowest BCUT2D eigenvalue weighted by molar-refractivity contribution is -0.122. The van der Waals surface area contributed by atoms with Crippen LogP contribution in [0.2, 0.25) is 0 Å². The number of aromatic nitrogens is 4. The van der Waals surface area contributed by atoms with E-state index < -0.39 is 0 Å². The summed E-state index contributed by atoms with van der Waals surface area (Å²) in [6, 6.07) is 13.3.